The summed E-state index contributed by atoms with van der Waals surface area (Å²) in [6.45, 7) is 1.46. The van der Waals surface area contributed by atoms with Crippen LogP contribution >= 0.6 is 11.6 Å². The molecule has 6 heteroatoms. The number of nitro groups is 1. The molecule has 0 spiro atoms. The van der Waals surface area contributed by atoms with Crippen molar-refractivity contribution in [1.29, 1.82) is 0 Å². The number of benzene rings is 1. The zero-order valence-corrected chi connectivity index (χ0v) is 12.7. The van der Waals surface area contributed by atoms with Gasteiger partial charge < -0.3 is 10.4 Å². The van der Waals surface area contributed by atoms with Gasteiger partial charge in [-0.05, 0) is 43.4 Å². The number of nitro benzene ring substituents is 1. The Hall–Kier alpha value is -1.17. The molecule has 1 fully saturated rings. The third-order valence-corrected chi connectivity index (χ3v) is 4.50. The highest BCUT2D eigenvalue weighted by molar-refractivity contribution is 6.30. The van der Waals surface area contributed by atoms with E-state index in [2.05, 4.69) is 5.32 Å². The van der Waals surface area contributed by atoms with Crippen molar-refractivity contribution in [2.75, 3.05) is 13.2 Å². The van der Waals surface area contributed by atoms with Crippen LogP contribution in [0.5, 0.6) is 0 Å². The van der Waals surface area contributed by atoms with Crippen LogP contribution in [0.3, 0.4) is 0 Å². The molecule has 1 aromatic carbocycles. The fraction of sp³-hybridized carbons (Fsp3) is 0.600. The second-order valence-corrected chi connectivity index (χ2v) is 6.08. The number of hydrogen-bond donors (Lipinski definition) is 2. The summed E-state index contributed by atoms with van der Waals surface area (Å²) in [5.74, 6) is 0.807. The largest absolute Gasteiger partial charge is 0.396 e. The normalized spacial score (nSPS) is 22.2. The number of nitrogens with zero attached hydrogens (tertiary/aromatic N) is 1. The van der Waals surface area contributed by atoms with Gasteiger partial charge in [0.1, 0.15) is 0 Å². The van der Waals surface area contributed by atoms with Crippen LogP contribution in [0.4, 0.5) is 5.69 Å². The molecular formula is C15H21ClN2O3. The Kier molecular flexibility index (Phi) is 5.96. The Balaban J connectivity index is 1.92. The molecule has 1 aromatic rings. The highest BCUT2D eigenvalue weighted by atomic mass is 35.5. The SMILES string of the molecule is O=[N+]([O-])c1cc(Cl)ccc1CNCC1CCCCC1CO. The molecule has 1 aliphatic rings. The summed E-state index contributed by atoms with van der Waals surface area (Å²) in [5, 5.41) is 24.1. The fourth-order valence-corrected chi connectivity index (χ4v) is 3.21. The van der Waals surface area contributed by atoms with Crippen molar-refractivity contribution in [3.05, 3.63) is 38.9 Å². The minimum Gasteiger partial charge on any atom is -0.396 e. The number of aliphatic hydroxyl groups is 1. The first-order valence-electron chi connectivity index (χ1n) is 7.36. The monoisotopic (exact) mass is 312 g/mol. The highest BCUT2D eigenvalue weighted by Crippen LogP contribution is 2.29. The lowest BCUT2D eigenvalue weighted by molar-refractivity contribution is -0.385. The topological polar surface area (TPSA) is 75.4 Å². The molecule has 0 aromatic heterocycles. The van der Waals surface area contributed by atoms with Crippen LogP contribution in [-0.2, 0) is 6.54 Å². The van der Waals surface area contributed by atoms with E-state index in [4.69, 9.17) is 11.6 Å². The molecule has 0 heterocycles. The van der Waals surface area contributed by atoms with E-state index in [-0.39, 0.29) is 12.3 Å². The molecule has 21 heavy (non-hydrogen) atoms. The van der Waals surface area contributed by atoms with Gasteiger partial charge in [0.2, 0.25) is 0 Å². The quantitative estimate of drug-likeness (QED) is 0.625. The van der Waals surface area contributed by atoms with Crippen molar-refractivity contribution in [3.8, 4) is 0 Å². The Morgan fingerprint density at radius 3 is 2.71 bits per heavy atom. The van der Waals surface area contributed by atoms with E-state index < -0.39 is 4.92 Å². The lowest BCUT2D eigenvalue weighted by Gasteiger charge is -2.30. The minimum atomic E-state index is -0.403. The first kappa shape index (κ1) is 16.2. The molecule has 2 unspecified atom stereocenters. The van der Waals surface area contributed by atoms with Crippen LogP contribution in [0.25, 0.3) is 0 Å². The number of nitrogens with one attached hydrogen (secondary N) is 1. The summed E-state index contributed by atoms with van der Waals surface area (Å²) in [5.41, 5.74) is 0.693. The van der Waals surface area contributed by atoms with Crippen molar-refractivity contribution < 1.29 is 10.0 Å². The second-order valence-electron chi connectivity index (χ2n) is 5.65. The Labute approximate surface area is 129 Å². The van der Waals surface area contributed by atoms with Crippen LogP contribution in [0.1, 0.15) is 31.2 Å². The summed E-state index contributed by atoms with van der Waals surface area (Å²) in [4.78, 5) is 10.6. The molecule has 5 nitrogen and oxygen atoms in total. The average Bonchev–Trinajstić information content (AvgIpc) is 2.49. The van der Waals surface area contributed by atoms with E-state index >= 15 is 0 Å². The van der Waals surface area contributed by atoms with Gasteiger partial charge in [-0.15, -0.1) is 0 Å². The van der Waals surface area contributed by atoms with Crippen LogP contribution in [-0.4, -0.2) is 23.2 Å². The average molecular weight is 313 g/mol. The molecule has 0 amide bonds. The fourth-order valence-electron chi connectivity index (χ4n) is 3.04. The first-order valence-corrected chi connectivity index (χ1v) is 7.74. The molecule has 0 aliphatic heterocycles. The molecule has 116 valence electrons. The van der Waals surface area contributed by atoms with E-state index in [1.807, 2.05) is 0 Å². The van der Waals surface area contributed by atoms with Crippen LogP contribution in [0, 0.1) is 22.0 Å². The smallest absolute Gasteiger partial charge is 0.275 e. The molecule has 0 radical (unpaired) electrons. The maximum atomic E-state index is 11.0. The van der Waals surface area contributed by atoms with E-state index in [1.54, 1.807) is 12.1 Å². The highest BCUT2D eigenvalue weighted by Gasteiger charge is 2.24. The molecule has 2 atom stereocenters. The molecule has 1 aliphatic carbocycles. The Bertz CT molecular complexity index is 496. The summed E-state index contributed by atoms with van der Waals surface area (Å²) in [7, 11) is 0. The Morgan fingerprint density at radius 2 is 2.05 bits per heavy atom. The number of hydrogen-bond acceptors (Lipinski definition) is 4. The van der Waals surface area contributed by atoms with Crippen LogP contribution in [0.2, 0.25) is 5.02 Å². The molecule has 1 saturated carbocycles. The first-order chi connectivity index (χ1) is 10.1. The van der Waals surface area contributed by atoms with Crippen molar-refractivity contribution >= 4 is 17.3 Å². The Morgan fingerprint density at radius 1 is 1.33 bits per heavy atom. The van der Waals surface area contributed by atoms with E-state index in [1.165, 1.54) is 18.9 Å². The third-order valence-electron chi connectivity index (χ3n) is 4.27. The van der Waals surface area contributed by atoms with Gasteiger partial charge in [-0.25, -0.2) is 0 Å². The van der Waals surface area contributed by atoms with Gasteiger partial charge >= 0.3 is 0 Å². The zero-order chi connectivity index (χ0) is 15.2. The van der Waals surface area contributed by atoms with E-state index in [0.717, 1.165) is 19.4 Å². The second kappa shape index (κ2) is 7.73. The summed E-state index contributed by atoms with van der Waals surface area (Å²) < 4.78 is 0. The number of halogens is 1. The lowest BCUT2D eigenvalue weighted by atomic mass is 9.79. The van der Waals surface area contributed by atoms with Gasteiger partial charge in [-0.3, -0.25) is 10.1 Å². The van der Waals surface area contributed by atoms with Crippen LogP contribution in [0.15, 0.2) is 18.2 Å². The van der Waals surface area contributed by atoms with Crippen molar-refractivity contribution in [1.82, 2.24) is 5.32 Å². The van der Waals surface area contributed by atoms with Crippen molar-refractivity contribution in [2.24, 2.45) is 11.8 Å². The molecule has 0 bridgehead atoms. The summed E-state index contributed by atoms with van der Waals surface area (Å²) in [6, 6.07) is 4.75. The summed E-state index contributed by atoms with van der Waals surface area (Å²) >= 11 is 5.80. The van der Waals surface area contributed by atoms with E-state index in [9.17, 15) is 15.2 Å². The van der Waals surface area contributed by atoms with Gasteiger partial charge in [-0.2, -0.15) is 0 Å². The van der Waals surface area contributed by atoms with Gasteiger partial charge in [0.05, 0.1) is 4.92 Å². The van der Waals surface area contributed by atoms with E-state index in [0.29, 0.717) is 29.0 Å². The third kappa shape index (κ3) is 4.40. The molecule has 0 saturated heterocycles. The summed E-state index contributed by atoms with van der Waals surface area (Å²) in [6.07, 6.45) is 4.57. The maximum absolute atomic E-state index is 11.0. The van der Waals surface area contributed by atoms with Gasteiger partial charge in [0, 0.05) is 29.8 Å². The van der Waals surface area contributed by atoms with Crippen LogP contribution < -0.4 is 5.32 Å². The molecular weight excluding hydrogens is 292 g/mol. The maximum Gasteiger partial charge on any atom is 0.275 e. The number of aliphatic hydroxyl groups excluding tert-OH is 1. The zero-order valence-electron chi connectivity index (χ0n) is 11.9. The standard InChI is InChI=1S/C15H21ClN2O3/c16-14-6-5-12(15(7-14)18(20)21)9-17-8-11-3-1-2-4-13(11)10-19/h5-7,11,13,17,19H,1-4,8-10H2. The molecule has 2 rings (SSSR count). The predicted molar refractivity (Wildman–Crippen MR) is 82.3 cm³/mol. The van der Waals surface area contributed by atoms with Gasteiger partial charge in [0.25, 0.3) is 5.69 Å². The minimum absolute atomic E-state index is 0.0531. The number of rotatable bonds is 6. The lowest BCUT2D eigenvalue weighted by Crippen LogP contribution is -2.32. The van der Waals surface area contributed by atoms with Crippen molar-refractivity contribution in [2.45, 2.75) is 32.2 Å². The molecule has 2 N–H and O–H groups in total. The van der Waals surface area contributed by atoms with Crippen molar-refractivity contribution in [3.63, 3.8) is 0 Å². The van der Waals surface area contributed by atoms with Gasteiger partial charge in [0.15, 0.2) is 0 Å². The predicted octanol–water partition coefficient (Wildman–Crippen LogP) is 3.14. The van der Waals surface area contributed by atoms with Gasteiger partial charge in [-0.1, -0.05) is 24.4 Å².